The van der Waals surface area contributed by atoms with Gasteiger partial charge in [0.2, 0.25) is 5.91 Å². The van der Waals surface area contributed by atoms with Gasteiger partial charge in [0.05, 0.1) is 0 Å². The zero-order valence-electron chi connectivity index (χ0n) is 12.2. The first-order chi connectivity index (χ1) is 9.81. The highest BCUT2D eigenvalue weighted by Crippen LogP contribution is 2.36. The van der Waals surface area contributed by atoms with Crippen LogP contribution in [0.2, 0.25) is 0 Å². The maximum atomic E-state index is 12.2. The van der Waals surface area contributed by atoms with E-state index in [0.717, 1.165) is 50.0 Å². The Morgan fingerprint density at radius 2 is 2.05 bits per heavy atom. The zero-order chi connectivity index (χ0) is 14.2. The molecule has 0 fully saturated rings. The van der Waals surface area contributed by atoms with E-state index in [4.69, 9.17) is 0 Å². The zero-order valence-corrected chi connectivity index (χ0v) is 13.0. The normalized spacial score (nSPS) is 14.7. The van der Waals surface area contributed by atoms with Crippen LogP contribution in [-0.2, 0) is 10.5 Å². The monoisotopic (exact) mass is 289 g/mol. The van der Waals surface area contributed by atoms with Gasteiger partial charge in [0, 0.05) is 17.9 Å². The molecule has 0 aromatic heterocycles. The summed E-state index contributed by atoms with van der Waals surface area (Å²) < 4.78 is 0. The lowest BCUT2D eigenvalue weighted by atomic mass is 10.2. The molecular weight excluding hydrogens is 266 g/mol. The molecule has 1 aromatic rings. The third-order valence-corrected chi connectivity index (χ3v) is 4.79. The van der Waals surface area contributed by atoms with Gasteiger partial charge in [0.25, 0.3) is 0 Å². The van der Waals surface area contributed by atoms with Crippen LogP contribution in [0.5, 0.6) is 0 Å². The quantitative estimate of drug-likeness (QED) is 0.759. The fourth-order valence-corrected chi connectivity index (χ4v) is 3.54. The van der Waals surface area contributed by atoms with Gasteiger partial charge in [-0.3, -0.25) is 4.79 Å². The van der Waals surface area contributed by atoms with Crippen molar-refractivity contribution in [2.75, 3.05) is 6.54 Å². The van der Waals surface area contributed by atoms with E-state index in [1.165, 1.54) is 10.5 Å². The van der Waals surface area contributed by atoms with Crippen molar-refractivity contribution >= 4 is 17.7 Å². The summed E-state index contributed by atoms with van der Waals surface area (Å²) in [4.78, 5) is 13.5. The van der Waals surface area contributed by atoms with Crippen molar-refractivity contribution in [1.29, 1.82) is 0 Å². The topological polar surface area (TPSA) is 29.1 Å². The number of allylic oxidation sites excluding steroid dienone is 1. The largest absolute Gasteiger partial charge is 0.352 e. The van der Waals surface area contributed by atoms with E-state index in [2.05, 4.69) is 36.5 Å². The Morgan fingerprint density at radius 1 is 1.25 bits per heavy atom. The maximum absolute atomic E-state index is 12.2. The van der Waals surface area contributed by atoms with Gasteiger partial charge in [-0.25, -0.2) is 0 Å². The molecular formula is C17H23NOS. The van der Waals surface area contributed by atoms with Crippen LogP contribution < -0.4 is 5.32 Å². The van der Waals surface area contributed by atoms with Crippen LogP contribution in [0.25, 0.3) is 0 Å². The molecule has 1 aliphatic rings. The average molecular weight is 289 g/mol. The summed E-state index contributed by atoms with van der Waals surface area (Å²) >= 11 is 1.83. The highest BCUT2D eigenvalue weighted by atomic mass is 32.2. The molecule has 0 saturated heterocycles. The number of hydrogen-bond donors (Lipinski definition) is 1. The Balaban J connectivity index is 1.90. The van der Waals surface area contributed by atoms with Crippen LogP contribution in [0.4, 0.5) is 0 Å². The average Bonchev–Trinajstić information content (AvgIpc) is 2.95. The Hall–Kier alpha value is -1.22. The Labute approximate surface area is 126 Å². The molecule has 0 atom stereocenters. The minimum Gasteiger partial charge on any atom is -0.352 e. The van der Waals surface area contributed by atoms with Gasteiger partial charge in [0.15, 0.2) is 0 Å². The number of carbonyl (C=O) groups excluding carboxylic acids is 1. The molecule has 0 radical (unpaired) electrons. The van der Waals surface area contributed by atoms with Gasteiger partial charge in [-0.15, -0.1) is 11.8 Å². The van der Waals surface area contributed by atoms with E-state index in [1.54, 1.807) is 0 Å². The van der Waals surface area contributed by atoms with E-state index in [-0.39, 0.29) is 5.91 Å². The number of benzene rings is 1. The number of thioether (sulfide) groups is 1. The summed E-state index contributed by atoms with van der Waals surface area (Å²) in [6.45, 7) is 2.94. The van der Waals surface area contributed by atoms with Crippen LogP contribution >= 0.6 is 11.8 Å². The van der Waals surface area contributed by atoms with Gasteiger partial charge in [0.1, 0.15) is 0 Å². The third kappa shape index (κ3) is 4.41. The second kappa shape index (κ2) is 8.15. The molecule has 2 nitrogen and oxygen atoms in total. The minimum absolute atomic E-state index is 0.159. The number of unbranched alkanes of at least 4 members (excludes halogenated alkanes) is 1. The first-order valence-electron chi connectivity index (χ1n) is 7.48. The Bertz CT molecular complexity index is 467. The molecule has 20 heavy (non-hydrogen) atoms. The first-order valence-corrected chi connectivity index (χ1v) is 8.46. The van der Waals surface area contributed by atoms with E-state index in [9.17, 15) is 4.79 Å². The smallest absolute Gasteiger partial charge is 0.247 e. The highest BCUT2D eigenvalue weighted by molar-refractivity contribution is 8.02. The molecule has 0 bridgehead atoms. The summed E-state index contributed by atoms with van der Waals surface area (Å²) in [6.07, 6.45) is 5.30. The number of nitrogens with one attached hydrogen (secondary N) is 1. The van der Waals surface area contributed by atoms with Crippen molar-refractivity contribution in [3.63, 3.8) is 0 Å². The molecule has 1 N–H and O–H groups in total. The highest BCUT2D eigenvalue weighted by Gasteiger charge is 2.20. The second-order valence-electron chi connectivity index (χ2n) is 5.14. The van der Waals surface area contributed by atoms with Gasteiger partial charge >= 0.3 is 0 Å². The van der Waals surface area contributed by atoms with E-state index in [1.807, 2.05) is 17.8 Å². The van der Waals surface area contributed by atoms with Crippen molar-refractivity contribution in [2.24, 2.45) is 0 Å². The number of carbonyl (C=O) groups is 1. The minimum atomic E-state index is 0.159. The lowest BCUT2D eigenvalue weighted by Crippen LogP contribution is -2.25. The SMILES string of the molecule is CCCCNC(=O)C1=C(SCc2ccccc2)CCC1. The molecule has 0 unspecified atom stereocenters. The van der Waals surface area contributed by atoms with Crippen molar-refractivity contribution in [1.82, 2.24) is 5.32 Å². The summed E-state index contributed by atoms with van der Waals surface area (Å²) in [5, 5.41) is 3.04. The van der Waals surface area contributed by atoms with Crippen LogP contribution in [0.1, 0.15) is 44.6 Å². The molecule has 0 spiro atoms. The predicted molar refractivity (Wildman–Crippen MR) is 86.5 cm³/mol. The second-order valence-corrected chi connectivity index (χ2v) is 6.21. The van der Waals surface area contributed by atoms with Crippen LogP contribution in [0.15, 0.2) is 40.8 Å². The fourth-order valence-electron chi connectivity index (χ4n) is 2.35. The lowest BCUT2D eigenvalue weighted by Gasteiger charge is -2.08. The first kappa shape index (κ1) is 15.2. The Morgan fingerprint density at radius 3 is 2.80 bits per heavy atom. The summed E-state index contributed by atoms with van der Waals surface area (Å²) in [5.74, 6) is 1.12. The van der Waals surface area contributed by atoms with Gasteiger partial charge in [-0.05, 0) is 36.2 Å². The molecule has 108 valence electrons. The van der Waals surface area contributed by atoms with Crippen LogP contribution in [0, 0.1) is 0 Å². The third-order valence-electron chi connectivity index (χ3n) is 3.51. The molecule has 3 heteroatoms. The standard InChI is InChI=1S/C17H23NOS/c1-2-3-12-18-17(19)15-10-7-11-16(15)20-13-14-8-5-4-6-9-14/h4-6,8-9H,2-3,7,10-13H2,1H3,(H,18,19). The van der Waals surface area contributed by atoms with Crippen molar-refractivity contribution in [2.45, 2.75) is 44.8 Å². The van der Waals surface area contributed by atoms with Crippen LogP contribution in [-0.4, -0.2) is 12.5 Å². The predicted octanol–water partition coefficient (Wildman–Crippen LogP) is 4.27. The molecule has 1 amide bonds. The summed E-state index contributed by atoms with van der Waals surface area (Å²) in [7, 11) is 0. The molecule has 0 saturated carbocycles. The van der Waals surface area contributed by atoms with Crippen molar-refractivity contribution in [3.8, 4) is 0 Å². The van der Waals surface area contributed by atoms with Crippen molar-refractivity contribution in [3.05, 3.63) is 46.4 Å². The number of hydrogen-bond acceptors (Lipinski definition) is 2. The van der Waals surface area contributed by atoms with Gasteiger partial charge in [-0.2, -0.15) is 0 Å². The maximum Gasteiger partial charge on any atom is 0.247 e. The van der Waals surface area contributed by atoms with Gasteiger partial charge < -0.3 is 5.32 Å². The summed E-state index contributed by atoms with van der Waals surface area (Å²) in [5.41, 5.74) is 2.35. The molecule has 1 aromatic carbocycles. The van der Waals surface area contributed by atoms with Crippen molar-refractivity contribution < 1.29 is 4.79 Å². The number of rotatable bonds is 7. The van der Waals surface area contributed by atoms with E-state index in [0.29, 0.717) is 0 Å². The number of amides is 1. The lowest BCUT2D eigenvalue weighted by molar-refractivity contribution is -0.117. The molecule has 1 aliphatic carbocycles. The molecule has 0 heterocycles. The fraction of sp³-hybridized carbons (Fsp3) is 0.471. The summed E-state index contributed by atoms with van der Waals surface area (Å²) in [6, 6.07) is 10.5. The van der Waals surface area contributed by atoms with Gasteiger partial charge in [-0.1, -0.05) is 43.7 Å². The van der Waals surface area contributed by atoms with Crippen LogP contribution in [0.3, 0.4) is 0 Å². The molecule has 2 rings (SSSR count). The van der Waals surface area contributed by atoms with E-state index < -0.39 is 0 Å². The Kier molecular flexibility index (Phi) is 6.19. The van der Waals surface area contributed by atoms with E-state index >= 15 is 0 Å². The molecule has 0 aliphatic heterocycles.